The molecule has 1 aromatic carbocycles. The van der Waals surface area contributed by atoms with Gasteiger partial charge in [0.2, 0.25) is 0 Å². The van der Waals surface area contributed by atoms with E-state index >= 15 is 0 Å². The monoisotopic (exact) mass is 320 g/mol. The highest BCUT2D eigenvalue weighted by molar-refractivity contribution is 5.68. The average molecular weight is 320 g/mol. The van der Waals surface area contributed by atoms with Crippen molar-refractivity contribution in [1.82, 2.24) is 10.2 Å². The van der Waals surface area contributed by atoms with Crippen molar-refractivity contribution in [2.45, 2.75) is 60.1 Å². The molecule has 0 fully saturated rings. The zero-order chi connectivity index (χ0) is 17.5. The van der Waals surface area contributed by atoms with Crippen LogP contribution < -0.4 is 5.32 Å². The highest BCUT2D eigenvalue weighted by atomic mass is 16.6. The first-order valence-corrected chi connectivity index (χ1v) is 8.48. The number of carbonyl (C=O) groups excluding carboxylic acids is 1. The van der Waals surface area contributed by atoms with Gasteiger partial charge in [-0.25, -0.2) is 4.79 Å². The lowest BCUT2D eigenvalue weighted by Crippen LogP contribution is -2.38. The van der Waals surface area contributed by atoms with E-state index in [2.05, 4.69) is 37.4 Å². The quantitative estimate of drug-likeness (QED) is 0.771. The zero-order valence-electron chi connectivity index (χ0n) is 15.5. The van der Waals surface area contributed by atoms with Crippen molar-refractivity contribution in [3.05, 3.63) is 34.9 Å². The van der Waals surface area contributed by atoms with E-state index in [9.17, 15) is 4.79 Å². The molecule has 0 aromatic heterocycles. The molecular weight excluding hydrogens is 288 g/mol. The Morgan fingerprint density at radius 3 is 2.35 bits per heavy atom. The van der Waals surface area contributed by atoms with Gasteiger partial charge in [0.25, 0.3) is 0 Å². The Morgan fingerprint density at radius 2 is 1.83 bits per heavy atom. The summed E-state index contributed by atoms with van der Waals surface area (Å²) in [6.45, 7) is 15.1. The predicted molar refractivity (Wildman–Crippen MR) is 95.7 cm³/mol. The zero-order valence-corrected chi connectivity index (χ0v) is 15.5. The smallest absolute Gasteiger partial charge is 0.410 e. The number of carbonyl (C=O) groups is 1. The summed E-state index contributed by atoms with van der Waals surface area (Å²) in [5.74, 6) is 0. The number of benzene rings is 1. The van der Waals surface area contributed by atoms with Gasteiger partial charge in [-0.3, -0.25) is 0 Å². The SMILES string of the molecule is CCN(CCCNCc1c(C)cccc1C)C(=O)OC(C)(C)C. The molecule has 1 N–H and O–H groups in total. The van der Waals surface area contributed by atoms with Crippen molar-refractivity contribution in [3.8, 4) is 0 Å². The molecule has 0 saturated heterocycles. The second-order valence-corrected chi connectivity index (χ2v) is 6.96. The fourth-order valence-electron chi connectivity index (χ4n) is 2.44. The summed E-state index contributed by atoms with van der Waals surface area (Å²) in [6, 6.07) is 6.38. The molecule has 4 nitrogen and oxygen atoms in total. The summed E-state index contributed by atoms with van der Waals surface area (Å²) in [5.41, 5.74) is 3.57. The Balaban J connectivity index is 2.34. The maximum atomic E-state index is 12.0. The minimum absolute atomic E-state index is 0.227. The number of ether oxygens (including phenoxy) is 1. The molecule has 0 radical (unpaired) electrons. The van der Waals surface area contributed by atoms with Crippen molar-refractivity contribution in [2.24, 2.45) is 0 Å². The number of hydrogen-bond donors (Lipinski definition) is 1. The van der Waals surface area contributed by atoms with E-state index in [0.29, 0.717) is 13.1 Å². The van der Waals surface area contributed by atoms with Crippen LogP contribution in [-0.4, -0.2) is 36.2 Å². The largest absolute Gasteiger partial charge is 0.444 e. The lowest BCUT2D eigenvalue weighted by atomic mass is 10.0. The molecule has 0 aliphatic carbocycles. The summed E-state index contributed by atoms with van der Waals surface area (Å²) < 4.78 is 5.42. The molecule has 0 bridgehead atoms. The summed E-state index contributed by atoms with van der Waals surface area (Å²) >= 11 is 0. The van der Waals surface area contributed by atoms with Gasteiger partial charge < -0.3 is 15.0 Å². The minimum atomic E-state index is -0.439. The van der Waals surface area contributed by atoms with Crippen molar-refractivity contribution in [3.63, 3.8) is 0 Å². The van der Waals surface area contributed by atoms with Gasteiger partial charge in [-0.1, -0.05) is 18.2 Å². The summed E-state index contributed by atoms with van der Waals surface area (Å²) in [5, 5.41) is 3.47. The van der Waals surface area contributed by atoms with Crippen LogP contribution >= 0.6 is 0 Å². The molecular formula is C19H32N2O2. The van der Waals surface area contributed by atoms with Crippen LogP contribution in [-0.2, 0) is 11.3 Å². The van der Waals surface area contributed by atoms with Gasteiger partial charge in [0.1, 0.15) is 5.60 Å². The number of rotatable bonds is 7. The molecule has 130 valence electrons. The van der Waals surface area contributed by atoms with Gasteiger partial charge in [-0.2, -0.15) is 0 Å². The van der Waals surface area contributed by atoms with Gasteiger partial charge in [0, 0.05) is 19.6 Å². The Labute approximate surface area is 141 Å². The summed E-state index contributed by atoms with van der Waals surface area (Å²) in [4.78, 5) is 13.8. The van der Waals surface area contributed by atoms with E-state index in [1.165, 1.54) is 16.7 Å². The van der Waals surface area contributed by atoms with Crippen molar-refractivity contribution in [2.75, 3.05) is 19.6 Å². The number of hydrogen-bond acceptors (Lipinski definition) is 3. The van der Waals surface area contributed by atoms with E-state index in [1.807, 2.05) is 27.7 Å². The van der Waals surface area contributed by atoms with Crippen LogP contribution in [0.3, 0.4) is 0 Å². The first kappa shape index (κ1) is 19.5. The molecule has 0 spiro atoms. The molecule has 0 aliphatic rings. The summed E-state index contributed by atoms with van der Waals surface area (Å²) in [7, 11) is 0. The Morgan fingerprint density at radius 1 is 1.22 bits per heavy atom. The van der Waals surface area contributed by atoms with E-state index in [0.717, 1.165) is 19.5 Å². The van der Waals surface area contributed by atoms with E-state index in [4.69, 9.17) is 4.74 Å². The maximum absolute atomic E-state index is 12.0. The minimum Gasteiger partial charge on any atom is -0.444 e. The summed E-state index contributed by atoms with van der Waals surface area (Å²) in [6.07, 6.45) is 0.688. The first-order chi connectivity index (χ1) is 10.7. The van der Waals surface area contributed by atoms with Crippen LogP contribution in [0.2, 0.25) is 0 Å². The van der Waals surface area contributed by atoms with Crippen LogP contribution in [0, 0.1) is 13.8 Å². The van der Waals surface area contributed by atoms with Crippen LogP contribution in [0.25, 0.3) is 0 Å². The topological polar surface area (TPSA) is 41.6 Å². The number of nitrogens with one attached hydrogen (secondary N) is 1. The molecule has 23 heavy (non-hydrogen) atoms. The Bertz CT molecular complexity index is 486. The van der Waals surface area contributed by atoms with Gasteiger partial charge in [-0.05, 0) is 71.2 Å². The van der Waals surface area contributed by atoms with Crippen LogP contribution in [0.5, 0.6) is 0 Å². The number of nitrogens with zero attached hydrogens (tertiary/aromatic N) is 1. The third-order valence-corrected chi connectivity index (χ3v) is 3.76. The van der Waals surface area contributed by atoms with Crippen LogP contribution in [0.15, 0.2) is 18.2 Å². The second kappa shape index (κ2) is 8.92. The van der Waals surface area contributed by atoms with Gasteiger partial charge in [0.05, 0.1) is 0 Å². The van der Waals surface area contributed by atoms with Crippen molar-refractivity contribution >= 4 is 6.09 Å². The molecule has 0 heterocycles. The van der Waals surface area contributed by atoms with E-state index in [-0.39, 0.29) is 6.09 Å². The standard InChI is InChI=1S/C19H32N2O2/c1-7-21(18(22)23-19(4,5)6)13-9-12-20-14-17-15(2)10-8-11-16(17)3/h8,10-11,20H,7,9,12-14H2,1-6H3. The normalized spacial score (nSPS) is 11.4. The highest BCUT2D eigenvalue weighted by Gasteiger charge is 2.20. The van der Waals surface area contributed by atoms with Crippen LogP contribution in [0.4, 0.5) is 4.79 Å². The van der Waals surface area contributed by atoms with Gasteiger partial charge in [0.15, 0.2) is 0 Å². The third kappa shape index (κ3) is 7.04. The predicted octanol–water partition coefficient (Wildman–Crippen LogP) is 4.04. The Kier molecular flexibility index (Phi) is 7.56. The fraction of sp³-hybridized carbons (Fsp3) is 0.632. The molecule has 4 heteroatoms. The molecule has 0 saturated carbocycles. The van der Waals surface area contributed by atoms with Gasteiger partial charge >= 0.3 is 6.09 Å². The lowest BCUT2D eigenvalue weighted by Gasteiger charge is -2.26. The average Bonchev–Trinajstić information content (AvgIpc) is 2.43. The second-order valence-electron chi connectivity index (χ2n) is 6.96. The first-order valence-electron chi connectivity index (χ1n) is 8.48. The van der Waals surface area contributed by atoms with E-state index < -0.39 is 5.60 Å². The number of aryl methyl sites for hydroxylation is 2. The lowest BCUT2D eigenvalue weighted by molar-refractivity contribution is 0.0258. The number of amides is 1. The molecule has 0 atom stereocenters. The maximum Gasteiger partial charge on any atom is 0.410 e. The Hall–Kier alpha value is -1.55. The van der Waals surface area contributed by atoms with Gasteiger partial charge in [-0.15, -0.1) is 0 Å². The molecule has 0 unspecified atom stereocenters. The van der Waals surface area contributed by atoms with Crippen LogP contribution in [0.1, 0.15) is 50.8 Å². The molecule has 1 amide bonds. The van der Waals surface area contributed by atoms with Crippen molar-refractivity contribution < 1.29 is 9.53 Å². The fourth-order valence-corrected chi connectivity index (χ4v) is 2.44. The molecule has 1 rings (SSSR count). The van der Waals surface area contributed by atoms with E-state index in [1.54, 1.807) is 4.90 Å². The highest BCUT2D eigenvalue weighted by Crippen LogP contribution is 2.13. The van der Waals surface area contributed by atoms with Crippen molar-refractivity contribution in [1.29, 1.82) is 0 Å². The molecule has 0 aliphatic heterocycles. The molecule has 1 aromatic rings. The third-order valence-electron chi connectivity index (χ3n) is 3.76.